The second kappa shape index (κ2) is 10.6. The summed E-state index contributed by atoms with van der Waals surface area (Å²) in [5.74, 6) is 0.888. The van der Waals surface area contributed by atoms with Gasteiger partial charge in [0.1, 0.15) is 22.5 Å². The molecule has 2 heterocycles. The summed E-state index contributed by atoms with van der Waals surface area (Å²) < 4.78 is 13.0. The van der Waals surface area contributed by atoms with Crippen molar-refractivity contribution in [1.82, 2.24) is 0 Å². The molecule has 0 aliphatic rings. The largest absolute Gasteiger partial charge is 0.456 e. The van der Waals surface area contributed by atoms with Crippen molar-refractivity contribution in [3.63, 3.8) is 0 Å². The average molecular weight is 613 g/mol. The van der Waals surface area contributed by atoms with E-state index in [9.17, 15) is 0 Å². The Morgan fingerprint density at radius 3 is 1.52 bits per heavy atom. The fourth-order valence-corrected chi connectivity index (χ4v) is 7.65. The van der Waals surface area contributed by atoms with Crippen molar-refractivity contribution < 1.29 is 8.83 Å². The number of hydrogen-bond donors (Lipinski definition) is 0. The van der Waals surface area contributed by atoms with Crippen LogP contribution in [0.5, 0.6) is 0 Å². The maximum atomic E-state index is 6.64. The van der Waals surface area contributed by atoms with Crippen LogP contribution >= 0.6 is 0 Å². The Labute approximate surface area is 277 Å². The maximum absolute atomic E-state index is 6.64. The van der Waals surface area contributed by atoms with Crippen LogP contribution in [0.15, 0.2) is 179 Å². The zero-order chi connectivity index (χ0) is 31.6. The van der Waals surface area contributed by atoms with Gasteiger partial charge in [-0.25, -0.2) is 0 Å². The summed E-state index contributed by atoms with van der Waals surface area (Å²) in [7, 11) is 0. The van der Waals surface area contributed by atoms with Gasteiger partial charge in [-0.2, -0.15) is 0 Å². The smallest absolute Gasteiger partial charge is 0.143 e. The van der Waals surface area contributed by atoms with Gasteiger partial charge in [0.25, 0.3) is 0 Å². The topological polar surface area (TPSA) is 26.3 Å². The molecule has 8 aromatic carbocycles. The lowest BCUT2D eigenvalue weighted by Crippen LogP contribution is -1.91. The molecule has 0 N–H and O–H groups in total. The van der Waals surface area contributed by atoms with Crippen LogP contribution in [0.25, 0.3) is 99.2 Å². The van der Waals surface area contributed by atoms with Gasteiger partial charge in [0.15, 0.2) is 0 Å². The van der Waals surface area contributed by atoms with E-state index in [-0.39, 0.29) is 0 Å². The van der Waals surface area contributed by atoms with E-state index in [4.69, 9.17) is 8.83 Å². The highest BCUT2D eigenvalue weighted by Crippen LogP contribution is 2.48. The molecule has 0 aliphatic carbocycles. The molecule has 0 radical (unpaired) electrons. The van der Waals surface area contributed by atoms with Crippen molar-refractivity contribution in [2.75, 3.05) is 0 Å². The van der Waals surface area contributed by atoms with E-state index in [2.05, 4.69) is 158 Å². The van der Waals surface area contributed by atoms with E-state index in [1.807, 2.05) is 12.1 Å². The quantitative estimate of drug-likeness (QED) is 0.185. The summed E-state index contributed by atoms with van der Waals surface area (Å²) in [5, 5.41) is 8.23. The summed E-state index contributed by atoms with van der Waals surface area (Å²) in [5.41, 5.74) is 10.8. The first-order chi connectivity index (χ1) is 23.8. The van der Waals surface area contributed by atoms with Crippen LogP contribution in [0.4, 0.5) is 0 Å². The molecular formula is C46H28O2. The molecule has 0 saturated heterocycles. The van der Waals surface area contributed by atoms with Crippen LogP contribution in [0.2, 0.25) is 0 Å². The van der Waals surface area contributed by atoms with Gasteiger partial charge in [0.2, 0.25) is 0 Å². The third kappa shape index (κ3) is 4.00. The lowest BCUT2D eigenvalue weighted by molar-refractivity contribution is 0.632. The summed E-state index contributed by atoms with van der Waals surface area (Å²) in [6.07, 6.45) is 0. The first kappa shape index (κ1) is 26.8. The Morgan fingerprint density at radius 2 is 0.833 bits per heavy atom. The molecule has 0 fully saturated rings. The van der Waals surface area contributed by atoms with Crippen LogP contribution in [0, 0.1) is 0 Å². The van der Waals surface area contributed by atoms with E-state index < -0.39 is 0 Å². The molecule has 0 unspecified atom stereocenters. The third-order valence-electron chi connectivity index (χ3n) is 9.68. The van der Waals surface area contributed by atoms with Crippen LogP contribution < -0.4 is 0 Å². The zero-order valence-corrected chi connectivity index (χ0v) is 26.0. The maximum Gasteiger partial charge on any atom is 0.143 e. The molecule has 10 rings (SSSR count). The van der Waals surface area contributed by atoms with Crippen molar-refractivity contribution in [3.8, 4) is 44.7 Å². The van der Waals surface area contributed by atoms with Crippen molar-refractivity contribution in [2.45, 2.75) is 0 Å². The van der Waals surface area contributed by atoms with Gasteiger partial charge in [0, 0.05) is 27.3 Å². The Bertz CT molecular complexity index is 2760. The first-order valence-electron chi connectivity index (χ1n) is 16.4. The van der Waals surface area contributed by atoms with Gasteiger partial charge in [-0.1, -0.05) is 146 Å². The van der Waals surface area contributed by atoms with Crippen LogP contribution in [-0.2, 0) is 0 Å². The molecule has 2 nitrogen and oxygen atoms in total. The molecule has 2 aromatic heterocycles. The van der Waals surface area contributed by atoms with Gasteiger partial charge >= 0.3 is 0 Å². The fraction of sp³-hybridized carbons (Fsp3) is 0. The number of fused-ring (bicyclic) bond motifs is 6. The monoisotopic (exact) mass is 612 g/mol. The highest BCUT2D eigenvalue weighted by Gasteiger charge is 2.22. The zero-order valence-electron chi connectivity index (χ0n) is 26.0. The van der Waals surface area contributed by atoms with Crippen molar-refractivity contribution in [2.24, 2.45) is 0 Å². The lowest BCUT2D eigenvalue weighted by atomic mass is 9.84. The summed E-state index contributed by atoms with van der Waals surface area (Å²) in [6, 6.07) is 60.1. The van der Waals surface area contributed by atoms with Gasteiger partial charge in [0.05, 0.1) is 0 Å². The molecule has 224 valence electrons. The molecule has 10 aromatic rings. The van der Waals surface area contributed by atoms with Crippen molar-refractivity contribution in [3.05, 3.63) is 170 Å². The molecule has 0 atom stereocenters. The number of rotatable bonds is 4. The predicted octanol–water partition coefficient (Wildman–Crippen LogP) is 13.3. The molecule has 0 saturated carbocycles. The summed E-state index contributed by atoms with van der Waals surface area (Å²) in [6.45, 7) is 0. The molecule has 0 bridgehead atoms. The van der Waals surface area contributed by atoms with E-state index in [0.717, 1.165) is 60.9 Å². The van der Waals surface area contributed by atoms with Crippen LogP contribution in [-0.4, -0.2) is 0 Å². The second-order valence-electron chi connectivity index (χ2n) is 12.4. The number of para-hydroxylation sites is 1. The van der Waals surface area contributed by atoms with Crippen LogP contribution in [0.1, 0.15) is 0 Å². The van der Waals surface area contributed by atoms with Crippen molar-refractivity contribution >= 4 is 54.5 Å². The second-order valence-corrected chi connectivity index (χ2v) is 12.4. The number of furan rings is 2. The van der Waals surface area contributed by atoms with Gasteiger partial charge in [-0.3, -0.25) is 0 Å². The normalized spacial score (nSPS) is 11.8. The Kier molecular flexibility index (Phi) is 5.91. The van der Waals surface area contributed by atoms with E-state index in [1.54, 1.807) is 0 Å². The molecule has 0 aliphatic heterocycles. The molecular weight excluding hydrogens is 585 g/mol. The minimum absolute atomic E-state index is 0.875. The summed E-state index contributed by atoms with van der Waals surface area (Å²) >= 11 is 0. The average Bonchev–Trinajstić information content (AvgIpc) is 3.73. The summed E-state index contributed by atoms with van der Waals surface area (Å²) in [4.78, 5) is 0. The van der Waals surface area contributed by atoms with E-state index >= 15 is 0 Å². The highest BCUT2D eigenvalue weighted by molar-refractivity contribution is 6.26. The minimum Gasteiger partial charge on any atom is -0.456 e. The molecule has 48 heavy (non-hydrogen) atoms. The minimum atomic E-state index is 0.875. The SMILES string of the molecule is c1ccc(-c2oc3ccc(-c4c5ccccc5c(-c5cccc6oc7ccccc7c56)c5ccccc45)cc3c2-c2ccccc2)cc1. The van der Waals surface area contributed by atoms with E-state index in [0.29, 0.717) is 0 Å². The van der Waals surface area contributed by atoms with E-state index in [1.165, 1.54) is 38.2 Å². The molecule has 0 spiro atoms. The van der Waals surface area contributed by atoms with Crippen molar-refractivity contribution in [1.29, 1.82) is 0 Å². The standard InChI is InChI=1S/C46H28O2/c1-3-14-29(15-4-1)43-38-28-31(26-27-40(38)48-46(43)30-16-5-2-6-17-30)42-32-18-7-9-20-34(32)44(35-21-10-8-19-33(35)42)37-23-13-25-41-45(37)36-22-11-12-24-39(36)47-41/h1-28H. The fourth-order valence-electron chi connectivity index (χ4n) is 7.65. The first-order valence-corrected chi connectivity index (χ1v) is 16.4. The highest BCUT2D eigenvalue weighted by atomic mass is 16.3. The van der Waals surface area contributed by atoms with Gasteiger partial charge in [-0.15, -0.1) is 0 Å². The Balaban J connectivity index is 1.29. The predicted molar refractivity (Wildman–Crippen MR) is 200 cm³/mol. The van der Waals surface area contributed by atoms with Gasteiger partial charge in [-0.05, 0) is 73.6 Å². The van der Waals surface area contributed by atoms with Gasteiger partial charge < -0.3 is 8.83 Å². The van der Waals surface area contributed by atoms with Crippen LogP contribution in [0.3, 0.4) is 0 Å². The third-order valence-corrected chi connectivity index (χ3v) is 9.68. The molecule has 2 heteroatoms. The number of benzene rings is 8. The Hall–Kier alpha value is -6.38. The Morgan fingerprint density at radius 1 is 0.292 bits per heavy atom. The molecule has 0 amide bonds. The lowest BCUT2D eigenvalue weighted by Gasteiger charge is -2.18. The number of hydrogen-bond acceptors (Lipinski definition) is 2.